The maximum absolute atomic E-state index is 8.99. The lowest BCUT2D eigenvalue weighted by Gasteiger charge is -2.40. The highest BCUT2D eigenvalue weighted by atomic mass is 16.5. The summed E-state index contributed by atoms with van der Waals surface area (Å²) in [5.41, 5.74) is 2.01. The van der Waals surface area contributed by atoms with E-state index in [9.17, 15) is 0 Å². The number of benzene rings is 1. The Bertz CT molecular complexity index is 528. The van der Waals surface area contributed by atoms with E-state index in [1.54, 1.807) is 0 Å². The van der Waals surface area contributed by atoms with Gasteiger partial charge in [-0.25, -0.2) is 0 Å². The molecule has 1 atom stereocenters. The lowest BCUT2D eigenvalue weighted by atomic mass is 9.82. The van der Waals surface area contributed by atoms with E-state index >= 15 is 0 Å². The summed E-state index contributed by atoms with van der Waals surface area (Å²) in [6, 6.07) is 10.9. The summed E-state index contributed by atoms with van der Waals surface area (Å²) in [4.78, 5) is 2.46. The van der Waals surface area contributed by atoms with Crippen molar-refractivity contribution in [1.29, 1.82) is 5.26 Å². The van der Waals surface area contributed by atoms with Crippen LogP contribution in [-0.4, -0.2) is 44.3 Å². The molecule has 2 aliphatic rings. The normalized spacial score (nSPS) is 25.0. The first-order valence-electron chi connectivity index (χ1n) is 8.27. The second-order valence-corrected chi connectivity index (χ2v) is 6.54. The molecule has 0 saturated carbocycles. The van der Waals surface area contributed by atoms with Gasteiger partial charge in [0.25, 0.3) is 0 Å². The van der Waals surface area contributed by atoms with Gasteiger partial charge in [0.05, 0.1) is 11.6 Å². The maximum atomic E-state index is 8.99. The van der Waals surface area contributed by atoms with E-state index < -0.39 is 0 Å². The molecule has 0 aromatic heterocycles. The first-order chi connectivity index (χ1) is 10.7. The van der Waals surface area contributed by atoms with E-state index in [2.05, 4.69) is 35.5 Å². The van der Waals surface area contributed by atoms with Crippen LogP contribution in [0.4, 0.5) is 0 Å². The molecule has 2 fully saturated rings. The van der Waals surface area contributed by atoms with Gasteiger partial charge in [-0.15, -0.1) is 0 Å². The van der Waals surface area contributed by atoms with Crippen molar-refractivity contribution in [3.8, 4) is 6.07 Å². The highest BCUT2D eigenvalue weighted by Gasteiger charge is 2.35. The Hall–Kier alpha value is -1.41. The van der Waals surface area contributed by atoms with Crippen LogP contribution >= 0.6 is 0 Å². The Morgan fingerprint density at radius 3 is 2.64 bits per heavy atom. The molecule has 2 saturated heterocycles. The van der Waals surface area contributed by atoms with Crippen LogP contribution in [0.25, 0.3) is 0 Å². The molecule has 22 heavy (non-hydrogen) atoms. The minimum Gasteiger partial charge on any atom is -0.381 e. The lowest BCUT2D eigenvalue weighted by molar-refractivity contribution is 0.0343. The van der Waals surface area contributed by atoms with Crippen molar-refractivity contribution >= 4 is 0 Å². The van der Waals surface area contributed by atoms with Gasteiger partial charge < -0.3 is 15.0 Å². The Balaban J connectivity index is 1.76. The van der Waals surface area contributed by atoms with Crippen LogP contribution in [0.15, 0.2) is 24.3 Å². The van der Waals surface area contributed by atoms with Crippen molar-refractivity contribution < 1.29 is 4.74 Å². The summed E-state index contributed by atoms with van der Waals surface area (Å²) >= 11 is 0. The van der Waals surface area contributed by atoms with Crippen molar-refractivity contribution in [3.63, 3.8) is 0 Å². The van der Waals surface area contributed by atoms with Gasteiger partial charge in [-0.1, -0.05) is 12.1 Å². The Kier molecular flexibility index (Phi) is 4.77. The third-order valence-corrected chi connectivity index (χ3v) is 5.26. The molecule has 2 heterocycles. The number of likely N-dealkylation sites (N-methyl/N-ethyl adjacent to an activating group) is 1. The summed E-state index contributed by atoms with van der Waals surface area (Å²) in [6.45, 7) is 3.83. The van der Waals surface area contributed by atoms with Crippen LogP contribution in [-0.2, 0) is 10.3 Å². The van der Waals surface area contributed by atoms with Gasteiger partial charge in [0, 0.05) is 31.3 Å². The number of nitrogens with zero attached hydrogens (tertiary/aromatic N) is 2. The lowest BCUT2D eigenvalue weighted by Crippen LogP contribution is -2.50. The van der Waals surface area contributed by atoms with Gasteiger partial charge >= 0.3 is 0 Å². The molecule has 0 aliphatic carbocycles. The van der Waals surface area contributed by atoms with E-state index in [4.69, 9.17) is 10.00 Å². The third-order valence-electron chi connectivity index (χ3n) is 5.26. The van der Waals surface area contributed by atoms with Crippen molar-refractivity contribution in [2.24, 2.45) is 0 Å². The van der Waals surface area contributed by atoms with Crippen molar-refractivity contribution in [1.82, 2.24) is 10.2 Å². The average molecular weight is 299 g/mol. The number of nitriles is 1. The standard InChI is InChI=1S/C18H25N3O/c1-21-10-2-3-17(21)14-20-18(8-11-22-12-9-18)16-6-4-15(13-19)5-7-16/h4-7,17,20H,2-3,8-12,14H2,1H3. The van der Waals surface area contributed by atoms with Crippen molar-refractivity contribution in [2.45, 2.75) is 37.3 Å². The Morgan fingerprint density at radius 2 is 2.05 bits per heavy atom. The van der Waals surface area contributed by atoms with Gasteiger partial charge in [0.1, 0.15) is 0 Å². The topological polar surface area (TPSA) is 48.3 Å². The maximum Gasteiger partial charge on any atom is 0.0991 e. The average Bonchev–Trinajstić information content (AvgIpc) is 2.99. The van der Waals surface area contributed by atoms with Crippen LogP contribution in [0.5, 0.6) is 0 Å². The molecule has 3 rings (SSSR count). The molecule has 1 unspecified atom stereocenters. The van der Waals surface area contributed by atoms with E-state index in [1.807, 2.05) is 12.1 Å². The molecule has 118 valence electrons. The zero-order chi connectivity index (χ0) is 15.4. The van der Waals surface area contributed by atoms with Gasteiger partial charge in [-0.3, -0.25) is 0 Å². The monoisotopic (exact) mass is 299 g/mol. The predicted molar refractivity (Wildman–Crippen MR) is 86.5 cm³/mol. The smallest absolute Gasteiger partial charge is 0.0991 e. The zero-order valence-corrected chi connectivity index (χ0v) is 13.3. The highest BCUT2D eigenvalue weighted by molar-refractivity contribution is 5.35. The molecule has 4 nitrogen and oxygen atoms in total. The molecule has 1 N–H and O–H groups in total. The minimum atomic E-state index is -0.00430. The summed E-state index contributed by atoms with van der Waals surface area (Å²) in [5, 5.41) is 12.8. The number of hydrogen-bond donors (Lipinski definition) is 1. The molecule has 1 aromatic rings. The van der Waals surface area contributed by atoms with Gasteiger partial charge in [-0.05, 0) is 57.0 Å². The fourth-order valence-electron chi connectivity index (χ4n) is 3.70. The molecule has 0 bridgehead atoms. The van der Waals surface area contributed by atoms with E-state index in [0.717, 1.165) is 38.2 Å². The van der Waals surface area contributed by atoms with Crippen LogP contribution < -0.4 is 5.32 Å². The highest BCUT2D eigenvalue weighted by Crippen LogP contribution is 2.32. The van der Waals surface area contributed by atoms with Crippen LogP contribution in [0.3, 0.4) is 0 Å². The van der Waals surface area contributed by atoms with Gasteiger partial charge in [0.15, 0.2) is 0 Å². The van der Waals surface area contributed by atoms with E-state index in [0.29, 0.717) is 6.04 Å². The number of nitrogens with one attached hydrogen (secondary N) is 1. The van der Waals surface area contributed by atoms with Crippen LogP contribution in [0, 0.1) is 11.3 Å². The number of hydrogen-bond acceptors (Lipinski definition) is 4. The predicted octanol–water partition coefficient (Wildman–Crippen LogP) is 2.25. The number of likely N-dealkylation sites (tertiary alicyclic amines) is 1. The first-order valence-corrected chi connectivity index (χ1v) is 8.27. The second-order valence-electron chi connectivity index (χ2n) is 6.54. The molecular formula is C18H25N3O. The summed E-state index contributed by atoms with van der Waals surface area (Å²) in [6.07, 6.45) is 4.57. The molecule has 0 spiro atoms. The summed E-state index contributed by atoms with van der Waals surface area (Å²) < 4.78 is 5.58. The fourth-order valence-corrected chi connectivity index (χ4v) is 3.70. The van der Waals surface area contributed by atoms with Crippen LogP contribution in [0.1, 0.15) is 36.8 Å². The number of ether oxygens (including phenoxy) is 1. The molecule has 2 aliphatic heterocycles. The molecular weight excluding hydrogens is 274 g/mol. The molecule has 4 heteroatoms. The van der Waals surface area contributed by atoms with E-state index in [-0.39, 0.29) is 5.54 Å². The summed E-state index contributed by atoms with van der Waals surface area (Å²) in [5.74, 6) is 0. The van der Waals surface area contributed by atoms with Gasteiger partial charge in [-0.2, -0.15) is 5.26 Å². The summed E-state index contributed by atoms with van der Waals surface area (Å²) in [7, 11) is 2.22. The Labute approximate surface area is 133 Å². The molecule has 0 amide bonds. The first kappa shape index (κ1) is 15.5. The largest absolute Gasteiger partial charge is 0.381 e. The second kappa shape index (κ2) is 6.78. The Morgan fingerprint density at radius 1 is 1.32 bits per heavy atom. The third kappa shape index (κ3) is 3.17. The molecule has 1 aromatic carbocycles. The SMILES string of the molecule is CN1CCCC1CNC1(c2ccc(C#N)cc2)CCOCC1. The van der Waals surface area contributed by atoms with Gasteiger partial charge in [0.2, 0.25) is 0 Å². The minimum absolute atomic E-state index is 0.00430. The van der Waals surface area contributed by atoms with E-state index in [1.165, 1.54) is 24.9 Å². The van der Waals surface area contributed by atoms with Crippen molar-refractivity contribution in [2.75, 3.05) is 33.4 Å². The quantitative estimate of drug-likeness (QED) is 0.926. The van der Waals surface area contributed by atoms with Crippen molar-refractivity contribution in [3.05, 3.63) is 35.4 Å². The van der Waals surface area contributed by atoms with Crippen LogP contribution in [0.2, 0.25) is 0 Å². The molecule has 0 radical (unpaired) electrons. The zero-order valence-electron chi connectivity index (χ0n) is 13.3. The number of rotatable bonds is 4. The fraction of sp³-hybridized carbons (Fsp3) is 0.611.